The van der Waals surface area contributed by atoms with Crippen LogP contribution in [0, 0.1) is 17.7 Å². The lowest BCUT2D eigenvalue weighted by molar-refractivity contribution is -0.166. The summed E-state index contributed by atoms with van der Waals surface area (Å²) in [6.45, 7) is 12.7. The van der Waals surface area contributed by atoms with Crippen LogP contribution in [0.5, 0.6) is 5.75 Å². The van der Waals surface area contributed by atoms with Crippen molar-refractivity contribution in [1.82, 2.24) is 0 Å². The fourth-order valence-electron chi connectivity index (χ4n) is 3.17. The Morgan fingerprint density at radius 1 is 1.10 bits per heavy atom. The maximum Gasteiger partial charge on any atom is 0.309 e. The molecule has 0 aromatic heterocycles. The number of hydrogen-bond donors (Lipinski definition) is 0. The normalized spacial score (nSPS) is 14.7. The Bertz CT molecular complexity index is 692. The second-order valence-electron chi connectivity index (χ2n) is 8.60. The smallest absolute Gasteiger partial charge is 0.309 e. The number of benzene rings is 1. The van der Waals surface area contributed by atoms with E-state index in [0.29, 0.717) is 0 Å². The molecule has 1 aromatic rings. The van der Waals surface area contributed by atoms with Gasteiger partial charge in [-0.3, -0.25) is 9.59 Å². The van der Waals surface area contributed by atoms with E-state index in [1.807, 2.05) is 13.8 Å². The van der Waals surface area contributed by atoms with E-state index in [0.717, 1.165) is 12.8 Å². The summed E-state index contributed by atoms with van der Waals surface area (Å²) >= 11 is 5.93. The first-order valence-electron chi connectivity index (χ1n) is 10.4. The van der Waals surface area contributed by atoms with E-state index in [4.69, 9.17) is 25.8 Å². The van der Waals surface area contributed by atoms with E-state index in [1.54, 1.807) is 34.6 Å². The van der Waals surface area contributed by atoms with Gasteiger partial charge in [0, 0.05) is 11.1 Å². The Labute approximate surface area is 184 Å². The number of hydrogen-bond acceptors (Lipinski definition) is 5. The summed E-state index contributed by atoms with van der Waals surface area (Å²) in [4.78, 5) is 24.5. The second-order valence-corrected chi connectivity index (χ2v) is 9.03. The van der Waals surface area contributed by atoms with Gasteiger partial charge < -0.3 is 14.2 Å². The highest BCUT2D eigenvalue weighted by Gasteiger charge is 2.32. The first-order valence-corrected chi connectivity index (χ1v) is 10.8. The van der Waals surface area contributed by atoms with Crippen LogP contribution in [0.2, 0.25) is 5.02 Å². The monoisotopic (exact) mass is 444 g/mol. The highest BCUT2D eigenvalue weighted by molar-refractivity contribution is 6.30. The van der Waals surface area contributed by atoms with Crippen molar-refractivity contribution in [3.63, 3.8) is 0 Å². The fourth-order valence-corrected chi connectivity index (χ4v) is 3.38. The molecule has 7 heteroatoms. The first-order chi connectivity index (χ1) is 13.9. The zero-order valence-electron chi connectivity index (χ0n) is 19.0. The zero-order chi connectivity index (χ0) is 23.1. The molecule has 0 aliphatic carbocycles. The predicted molar refractivity (Wildman–Crippen MR) is 115 cm³/mol. The molecule has 30 heavy (non-hydrogen) atoms. The lowest BCUT2D eigenvalue weighted by Gasteiger charge is -2.31. The molecule has 0 saturated carbocycles. The molecule has 0 heterocycles. The molecule has 3 atom stereocenters. The van der Waals surface area contributed by atoms with Gasteiger partial charge in [-0.2, -0.15) is 0 Å². The molecule has 0 aliphatic heterocycles. The van der Waals surface area contributed by atoms with E-state index in [1.165, 1.54) is 18.2 Å². The topological polar surface area (TPSA) is 61.8 Å². The van der Waals surface area contributed by atoms with Crippen molar-refractivity contribution in [2.75, 3.05) is 0 Å². The molecule has 0 radical (unpaired) electrons. The van der Waals surface area contributed by atoms with Crippen LogP contribution in [0.3, 0.4) is 0 Å². The maximum absolute atomic E-state index is 13.7. The molecular weight excluding hydrogens is 411 g/mol. The molecule has 0 unspecified atom stereocenters. The minimum absolute atomic E-state index is 0.0706. The third kappa shape index (κ3) is 8.90. The Balaban J connectivity index is 2.87. The minimum atomic E-state index is -0.659. The van der Waals surface area contributed by atoms with Gasteiger partial charge in [0.1, 0.15) is 29.4 Å². The van der Waals surface area contributed by atoms with Crippen LogP contribution in [0.25, 0.3) is 0 Å². The molecule has 1 rings (SSSR count). The quantitative estimate of drug-likeness (QED) is 0.416. The van der Waals surface area contributed by atoms with Crippen LogP contribution in [0.1, 0.15) is 67.7 Å². The standard InChI is InChI=1S/C23H34ClFO5/c1-8-16(9-2)21(29-19-12-17(24)11-18(25)13-19)15(4)28-22(27)14(3)10-20(26)30-23(5,6)7/h11-16,21H,8-10H2,1-7H3/t14-,15+,21+/m1/s1. The zero-order valence-corrected chi connectivity index (χ0v) is 19.7. The summed E-state index contributed by atoms with van der Waals surface area (Å²) in [6.07, 6.45) is 0.416. The first kappa shape index (κ1) is 26.2. The van der Waals surface area contributed by atoms with Crippen LogP contribution in [-0.2, 0) is 19.1 Å². The largest absolute Gasteiger partial charge is 0.486 e. The fraction of sp³-hybridized carbons (Fsp3) is 0.652. The Kier molecular flexibility index (Phi) is 10.1. The Morgan fingerprint density at radius 3 is 2.20 bits per heavy atom. The van der Waals surface area contributed by atoms with E-state index < -0.39 is 41.5 Å². The molecule has 0 aliphatic rings. The van der Waals surface area contributed by atoms with Gasteiger partial charge in [0.25, 0.3) is 0 Å². The maximum atomic E-state index is 13.7. The predicted octanol–water partition coefficient (Wildman–Crippen LogP) is 5.96. The van der Waals surface area contributed by atoms with Crippen molar-refractivity contribution in [2.45, 2.75) is 85.5 Å². The molecule has 0 amide bonds. The average molecular weight is 445 g/mol. The lowest BCUT2D eigenvalue weighted by Crippen LogP contribution is -2.40. The molecular formula is C23H34ClFO5. The number of carbonyl (C=O) groups is 2. The minimum Gasteiger partial charge on any atom is -0.486 e. The van der Waals surface area contributed by atoms with Gasteiger partial charge in [-0.15, -0.1) is 0 Å². The summed E-state index contributed by atoms with van der Waals surface area (Å²) in [5.74, 6) is -1.77. The third-order valence-electron chi connectivity index (χ3n) is 4.68. The summed E-state index contributed by atoms with van der Waals surface area (Å²) in [6, 6.07) is 3.98. The molecule has 170 valence electrons. The highest BCUT2D eigenvalue weighted by Crippen LogP contribution is 2.27. The molecule has 1 aromatic carbocycles. The van der Waals surface area contributed by atoms with Crippen molar-refractivity contribution in [3.05, 3.63) is 29.0 Å². The summed E-state index contributed by atoms with van der Waals surface area (Å²) in [5.41, 5.74) is -0.616. The van der Waals surface area contributed by atoms with Crippen LogP contribution in [-0.4, -0.2) is 29.7 Å². The van der Waals surface area contributed by atoms with E-state index >= 15 is 0 Å². The van der Waals surface area contributed by atoms with E-state index in [2.05, 4.69) is 0 Å². The lowest BCUT2D eigenvalue weighted by atomic mass is 9.93. The van der Waals surface area contributed by atoms with Crippen molar-refractivity contribution < 1.29 is 28.2 Å². The Morgan fingerprint density at radius 2 is 1.70 bits per heavy atom. The summed E-state index contributed by atoms with van der Waals surface area (Å²) < 4.78 is 30.6. The molecule has 5 nitrogen and oxygen atoms in total. The SMILES string of the molecule is CCC(CC)[C@@H](Oc1cc(F)cc(Cl)c1)[C@H](C)OC(=O)[C@H](C)CC(=O)OC(C)(C)C. The number of carbonyl (C=O) groups excluding carboxylic acids is 2. The van der Waals surface area contributed by atoms with Gasteiger partial charge in [0.05, 0.1) is 12.3 Å². The van der Waals surface area contributed by atoms with Gasteiger partial charge in [-0.1, -0.05) is 32.4 Å². The Hall–Kier alpha value is -1.82. The van der Waals surface area contributed by atoms with Crippen molar-refractivity contribution in [3.8, 4) is 5.75 Å². The van der Waals surface area contributed by atoms with Gasteiger partial charge in [-0.05, 0) is 58.6 Å². The summed E-state index contributed by atoms with van der Waals surface area (Å²) in [7, 11) is 0. The van der Waals surface area contributed by atoms with Gasteiger partial charge in [0.15, 0.2) is 0 Å². The number of esters is 2. The molecule has 0 saturated heterocycles. The number of rotatable bonds is 10. The van der Waals surface area contributed by atoms with Crippen LogP contribution < -0.4 is 4.74 Å². The van der Waals surface area contributed by atoms with E-state index in [9.17, 15) is 14.0 Å². The van der Waals surface area contributed by atoms with Crippen LogP contribution in [0.4, 0.5) is 4.39 Å². The molecule has 0 bridgehead atoms. The number of ether oxygens (including phenoxy) is 3. The molecule has 0 N–H and O–H groups in total. The van der Waals surface area contributed by atoms with Gasteiger partial charge in [-0.25, -0.2) is 4.39 Å². The van der Waals surface area contributed by atoms with Gasteiger partial charge in [0.2, 0.25) is 0 Å². The average Bonchev–Trinajstić information content (AvgIpc) is 2.59. The van der Waals surface area contributed by atoms with Crippen LogP contribution >= 0.6 is 11.6 Å². The molecule has 0 spiro atoms. The summed E-state index contributed by atoms with van der Waals surface area (Å²) in [5, 5.41) is 0.226. The van der Waals surface area contributed by atoms with Crippen molar-refractivity contribution >= 4 is 23.5 Å². The molecule has 0 fully saturated rings. The van der Waals surface area contributed by atoms with Gasteiger partial charge >= 0.3 is 11.9 Å². The van der Waals surface area contributed by atoms with Crippen molar-refractivity contribution in [2.24, 2.45) is 11.8 Å². The third-order valence-corrected chi connectivity index (χ3v) is 4.90. The van der Waals surface area contributed by atoms with Crippen LogP contribution in [0.15, 0.2) is 18.2 Å². The second kappa shape index (κ2) is 11.5. The van der Waals surface area contributed by atoms with E-state index in [-0.39, 0.29) is 23.1 Å². The highest BCUT2D eigenvalue weighted by atomic mass is 35.5. The number of halogens is 2. The van der Waals surface area contributed by atoms with Crippen molar-refractivity contribution in [1.29, 1.82) is 0 Å².